The standard InChI is InChI=1S/C32H41N3O5/c1-31(2,3)28(34(7)30(37)40-32(4,5)6)29(36)35-17-16-23(20-35)39-27-19-25(21-12-10-9-11-13-21)33-26-18-22(38-8)14-15-24(26)27/h9-15,18-19,23,28H,16-17,20H2,1-8H3/t23-,28-/m1/s1. The van der Waals surface area contributed by atoms with Gasteiger partial charge in [0.15, 0.2) is 0 Å². The molecule has 8 nitrogen and oxygen atoms in total. The molecule has 1 aliphatic heterocycles. The Labute approximate surface area is 237 Å². The summed E-state index contributed by atoms with van der Waals surface area (Å²) in [6.07, 6.45) is -0.0352. The highest BCUT2D eigenvalue weighted by atomic mass is 16.6. The molecule has 2 aromatic carbocycles. The lowest BCUT2D eigenvalue weighted by atomic mass is 9.85. The van der Waals surface area contributed by atoms with Crippen molar-refractivity contribution < 1.29 is 23.8 Å². The molecular weight excluding hydrogens is 506 g/mol. The third-order valence-corrected chi connectivity index (χ3v) is 6.92. The average Bonchev–Trinajstić information content (AvgIpc) is 3.35. The number of likely N-dealkylation sites (tertiary alicyclic amines) is 1. The largest absolute Gasteiger partial charge is 0.497 e. The van der Waals surface area contributed by atoms with Crippen LogP contribution >= 0.6 is 0 Å². The number of methoxy groups -OCH3 is 1. The van der Waals surface area contributed by atoms with Crippen molar-refractivity contribution in [1.29, 1.82) is 0 Å². The van der Waals surface area contributed by atoms with Gasteiger partial charge in [-0.25, -0.2) is 9.78 Å². The maximum atomic E-state index is 13.8. The Bertz CT molecular complexity index is 1360. The number of fused-ring (bicyclic) bond motifs is 1. The number of hydrogen-bond donors (Lipinski definition) is 0. The molecule has 1 fully saturated rings. The summed E-state index contributed by atoms with van der Waals surface area (Å²) >= 11 is 0. The molecular formula is C32H41N3O5. The van der Waals surface area contributed by atoms with E-state index in [1.54, 1.807) is 19.1 Å². The number of pyridine rings is 1. The van der Waals surface area contributed by atoms with E-state index >= 15 is 0 Å². The third kappa shape index (κ3) is 6.66. The number of rotatable bonds is 6. The second-order valence-electron chi connectivity index (χ2n) is 12.4. The van der Waals surface area contributed by atoms with Crippen molar-refractivity contribution in [2.45, 2.75) is 65.7 Å². The first kappa shape index (κ1) is 29.2. The maximum Gasteiger partial charge on any atom is 0.410 e. The SMILES string of the molecule is COc1ccc2c(O[C@@H]3CCN(C(=O)[C@@H](N(C)C(=O)OC(C)(C)C)C(C)(C)C)C3)cc(-c3ccccc3)nc2c1. The van der Waals surface area contributed by atoms with E-state index in [0.29, 0.717) is 25.3 Å². The van der Waals surface area contributed by atoms with Crippen molar-refractivity contribution in [3.8, 4) is 22.8 Å². The van der Waals surface area contributed by atoms with Crippen LogP contribution in [0.2, 0.25) is 0 Å². The minimum Gasteiger partial charge on any atom is -0.497 e. The molecule has 0 saturated carbocycles. The number of benzene rings is 2. The van der Waals surface area contributed by atoms with Crippen LogP contribution in [0.25, 0.3) is 22.2 Å². The van der Waals surface area contributed by atoms with Crippen LogP contribution in [0.5, 0.6) is 11.5 Å². The summed E-state index contributed by atoms with van der Waals surface area (Å²) in [6.45, 7) is 12.3. The lowest BCUT2D eigenvalue weighted by Gasteiger charge is -2.39. The Morgan fingerprint density at radius 1 is 1.02 bits per heavy atom. The van der Waals surface area contributed by atoms with Crippen LogP contribution in [0.15, 0.2) is 54.6 Å². The Morgan fingerprint density at radius 3 is 2.35 bits per heavy atom. The van der Waals surface area contributed by atoms with E-state index < -0.39 is 23.2 Å². The quantitative estimate of drug-likeness (QED) is 0.367. The van der Waals surface area contributed by atoms with Crippen molar-refractivity contribution in [2.24, 2.45) is 5.41 Å². The van der Waals surface area contributed by atoms with Gasteiger partial charge in [-0.05, 0) is 38.3 Å². The summed E-state index contributed by atoms with van der Waals surface area (Å²) in [6, 6.07) is 17.0. The summed E-state index contributed by atoms with van der Waals surface area (Å²) in [4.78, 5) is 34.8. The highest BCUT2D eigenvalue weighted by Crippen LogP contribution is 2.34. The summed E-state index contributed by atoms with van der Waals surface area (Å²) in [5.74, 6) is 1.32. The zero-order valence-corrected chi connectivity index (χ0v) is 24.9. The summed E-state index contributed by atoms with van der Waals surface area (Å²) < 4.78 is 17.6. The van der Waals surface area contributed by atoms with Gasteiger partial charge in [0.1, 0.15) is 29.2 Å². The highest BCUT2D eigenvalue weighted by molar-refractivity contribution is 5.89. The third-order valence-electron chi connectivity index (χ3n) is 6.92. The number of likely N-dealkylation sites (N-methyl/N-ethyl adjacent to an activating group) is 1. The van der Waals surface area contributed by atoms with Crippen molar-refractivity contribution in [1.82, 2.24) is 14.8 Å². The molecule has 4 rings (SSSR count). The van der Waals surface area contributed by atoms with Crippen LogP contribution in [0.4, 0.5) is 4.79 Å². The first-order valence-electron chi connectivity index (χ1n) is 13.7. The number of carbonyl (C=O) groups excluding carboxylic acids is 2. The minimum absolute atomic E-state index is 0.110. The van der Waals surface area contributed by atoms with Crippen LogP contribution in [0, 0.1) is 5.41 Å². The molecule has 3 aromatic rings. The molecule has 0 spiro atoms. The molecule has 8 heteroatoms. The minimum atomic E-state index is -0.681. The molecule has 40 heavy (non-hydrogen) atoms. The van der Waals surface area contributed by atoms with Crippen LogP contribution in [0.3, 0.4) is 0 Å². The molecule has 2 atom stereocenters. The van der Waals surface area contributed by atoms with E-state index in [4.69, 9.17) is 19.2 Å². The molecule has 2 heterocycles. The zero-order valence-electron chi connectivity index (χ0n) is 24.9. The van der Waals surface area contributed by atoms with Crippen LogP contribution in [-0.4, -0.2) is 71.8 Å². The van der Waals surface area contributed by atoms with Crippen molar-refractivity contribution in [3.05, 3.63) is 54.6 Å². The fourth-order valence-electron chi connectivity index (χ4n) is 5.09. The van der Waals surface area contributed by atoms with Gasteiger partial charge in [-0.3, -0.25) is 9.69 Å². The van der Waals surface area contributed by atoms with E-state index in [2.05, 4.69) is 0 Å². The van der Waals surface area contributed by atoms with Gasteiger partial charge in [0.05, 0.1) is 24.9 Å². The highest BCUT2D eigenvalue weighted by Gasteiger charge is 2.42. The molecule has 2 amide bonds. The van der Waals surface area contributed by atoms with Gasteiger partial charge in [-0.15, -0.1) is 0 Å². The molecule has 1 saturated heterocycles. The van der Waals surface area contributed by atoms with Gasteiger partial charge in [0.25, 0.3) is 0 Å². The van der Waals surface area contributed by atoms with Gasteiger partial charge >= 0.3 is 6.09 Å². The second kappa shape index (κ2) is 11.4. The fraction of sp³-hybridized carbons (Fsp3) is 0.469. The first-order chi connectivity index (χ1) is 18.8. The lowest BCUT2D eigenvalue weighted by Crippen LogP contribution is -2.55. The zero-order chi connectivity index (χ0) is 29.2. The van der Waals surface area contributed by atoms with Crippen molar-refractivity contribution in [3.63, 3.8) is 0 Å². The lowest BCUT2D eigenvalue weighted by molar-refractivity contribution is -0.139. The molecule has 0 aliphatic carbocycles. The maximum absolute atomic E-state index is 13.8. The van der Waals surface area contributed by atoms with E-state index in [9.17, 15) is 9.59 Å². The summed E-state index contributed by atoms with van der Waals surface area (Å²) in [5, 5.41) is 0.877. The predicted octanol–water partition coefficient (Wildman–Crippen LogP) is 6.17. The number of amides is 2. The van der Waals surface area contributed by atoms with Crippen molar-refractivity contribution >= 4 is 22.9 Å². The smallest absolute Gasteiger partial charge is 0.410 e. The van der Waals surface area contributed by atoms with E-state index in [0.717, 1.165) is 27.9 Å². The Balaban J connectivity index is 1.57. The molecule has 0 unspecified atom stereocenters. The second-order valence-corrected chi connectivity index (χ2v) is 12.4. The number of hydrogen-bond acceptors (Lipinski definition) is 6. The molecule has 0 bridgehead atoms. The molecule has 0 radical (unpaired) electrons. The van der Waals surface area contributed by atoms with Gasteiger partial charge < -0.3 is 19.1 Å². The van der Waals surface area contributed by atoms with E-state index in [1.807, 2.05) is 96.1 Å². The van der Waals surface area contributed by atoms with E-state index in [1.165, 1.54) is 4.90 Å². The monoisotopic (exact) mass is 547 g/mol. The fourth-order valence-corrected chi connectivity index (χ4v) is 5.09. The Hall–Kier alpha value is -3.81. The van der Waals surface area contributed by atoms with Crippen LogP contribution < -0.4 is 9.47 Å². The summed E-state index contributed by atoms with van der Waals surface area (Å²) in [7, 11) is 3.27. The number of carbonyl (C=O) groups is 2. The normalized spacial score (nSPS) is 16.5. The average molecular weight is 548 g/mol. The molecule has 1 aliphatic rings. The first-order valence-corrected chi connectivity index (χ1v) is 13.7. The Kier molecular flexibility index (Phi) is 8.28. The van der Waals surface area contributed by atoms with Crippen molar-refractivity contribution in [2.75, 3.05) is 27.2 Å². The van der Waals surface area contributed by atoms with Crippen LogP contribution in [-0.2, 0) is 9.53 Å². The molecule has 0 N–H and O–H groups in total. The van der Waals surface area contributed by atoms with Gasteiger partial charge in [-0.1, -0.05) is 51.1 Å². The molecule has 214 valence electrons. The predicted molar refractivity (Wildman–Crippen MR) is 157 cm³/mol. The van der Waals surface area contributed by atoms with Gasteiger partial charge in [0, 0.05) is 43.1 Å². The number of aromatic nitrogens is 1. The van der Waals surface area contributed by atoms with Gasteiger partial charge in [-0.2, -0.15) is 0 Å². The topological polar surface area (TPSA) is 81.2 Å². The summed E-state index contributed by atoms with van der Waals surface area (Å²) in [5.41, 5.74) is 1.41. The number of nitrogens with zero attached hydrogens (tertiary/aromatic N) is 3. The Morgan fingerprint density at radius 2 is 1.73 bits per heavy atom. The van der Waals surface area contributed by atoms with Crippen LogP contribution in [0.1, 0.15) is 48.0 Å². The van der Waals surface area contributed by atoms with E-state index in [-0.39, 0.29) is 12.0 Å². The number of ether oxygens (including phenoxy) is 3. The molecule has 1 aromatic heterocycles. The van der Waals surface area contributed by atoms with Gasteiger partial charge in [0.2, 0.25) is 5.91 Å².